The minimum absolute atomic E-state index is 0.0597. The number of aliphatic carboxylic acids is 1. The molecule has 0 radical (unpaired) electrons. The second kappa shape index (κ2) is 11.5. The Balaban J connectivity index is 1.53. The Labute approximate surface area is 193 Å². The van der Waals surface area contributed by atoms with Gasteiger partial charge in [0.15, 0.2) is 6.10 Å². The van der Waals surface area contributed by atoms with Crippen LogP contribution >= 0.6 is 0 Å². The van der Waals surface area contributed by atoms with E-state index < -0.39 is 30.1 Å². The van der Waals surface area contributed by atoms with Crippen LogP contribution in [0.15, 0.2) is 48.5 Å². The molecule has 0 saturated heterocycles. The van der Waals surface area contributed by atoms with Crippen LogP contribution in [0.25, 0.3) is 11.1 Å². The molecule has 2 aromatic carbocycles. The van der Waals surface area contributed by atoms with Gasteiger partial charge in [0, 0.05) is 19.1 Å². The molecule has 2 amide bonds. The van der Waals surface area contributed by atoms with E-state index in [0.29, 0.717) is 6.42 Å². The van der Waals surface area contributed by atoms with Crippen LogP contribution in [0.4, 0.5) is 4.79 Å². The predicted molar refractivity (Wildman–Crippen MR) is 123 cm³/mol. The maximum atomic E-state index is 12.5. The molecule has 2 aromatic rings. The zero-order valence-electron chi connectivity index (χ0n) is 18.9. The number of carbonyl (C=O) groups excluding carboxylic acids is 2. The lowest BCUT2D eigenvalue weighted by atomic mass is 9.98. The number of ether oxygens (including phenoxy) is 2. The summed E-state index contributed by atoms with van der Waals surface area (Å²) in [6, 6.07) is 15.6. The Hall–Kier alpha value is -3.39. The van der Waals surface area contributed by atoms with Crippen LogP contribution in [-0.4, -0.2) is 55.5 Å². The number of carbonyl (C=O) groups is 3. The molecule has 0 spiro atoms. The van der Waals surface area contributed by atoms with Crippen LogP contribution in [0.3, 0.4) is 0 Å². The van der Waals surface area contributed by atoms with Crippen molar-refractivity contribution in [2.24, 2.45) is 0 Å². The summed E-state index contributed by atoms with van der Waals surface area (Å²) in [5, 5.41) is 14.3. The summed E-state index contributed by atoms with van der Waals surface area (Å²) >= 11 is 0. The van der Waals surface area contributed by atoms with Crippen molar-refractivity contribution in [1.82, 2.24) is 10.6 Å². The average molecular weight is 455 g/mol. The summed E-state index contributed by atoms with van der Waals surface area (Å²) in [7, 11) is 1.36. The molecule has 33 heavy (non-hydrogen) atoms. The van der Waals surface area contributed by atoms with E-state index in [1.807, 2.05) is 43.3 Å². The number of hydrogen-bond acceptors (Lipinski definition) is 5. The van der Waals surface area contributed by atoms with Gasteiger partial charge in [0.05, 0.1) is 13.0 Å². The van der Waals surface area contributed by atoms with Gasteiger partial charge in [-0.25, -0.2) is 4.79 Å². The van der Waals surface area contributed by atoms with Gasteiger partial charge >= 0.3 is 12.1 Å². The molecule has 1 aliphatic rings. The van der Waals surface area contributed by atoms with E-state index in [4.69, 9.17) is 14.6 Å². The van der Waals surface area contributed by atoms with Crippen LogP contribution in [0.1, 0.15) is 43.2 Å². The zero-order valence-corrected chi connectivity index (χ0v) is 18.9. The van der Waals surface area contributed by atoms with E-state index in [-0.39, 0.29) is 25.5 Å². The quantitative estimate of drug-likeness (QED) is 0.480. The molecule has 1 unspecified atom stereocenters. The Morgan fingerprint density at radius 3 is 2.18 bits per heavy atom. The molecule has 0 aromatic heterocycles. The molecule has 0 fully saturated rings. The molecular weight excluding hydrogens is 424 g/mol. The first-order valence-corrected chi connectivity index (χ1v) is 11.1. The third kappa shape index (κ3) is 6.10. The molecular formula is C25H30N2O6. The van der Waals surface area contributed by atoms with Gasteiger partial charge < -0.3 is 25.2 Å². The highest BCUT2D eigenvalue weighted by Gasteiger charge is 2.29. The van der Waals surface area contributed by atoms with Crippen molar-refractivity contribution in [3.05, 3.63) is 59.7 Å². The van der Waals surface area contributed by atoms with Crippen molar-refractivity contribution in [1.29, 1.82) is 0 Å². The Morgan fingerprint density at radius 1 is 1.03 bits per heavy atom. The third-order valence-electron chi connectivity index (χ3n) is 5.76. The first-order valence-electron chi connectivity index (χ1n) is 11.1. The normalized spacial score (nSPS) is 14.0. The number of carboxylic acids is 1. The van der Waals surface area contributed by atoms with Crippen LogP contribution in [-0.2, 0) is 19.1 Å². The number of alkyl carbamates (subject to hydrolysis) is 1. The third-order valence-corrected chi connectivity index (χ3v) is 5.76. The number of benzene rings is 2. The van der Waals surface area contributed by atoms with Crippen molar-refractivity contribution < 1.29 is 29.0 Å². The van der Waals surface area contributed by atoms with Crippen molar-refractivity contribution >= 4 is 18.0 Å². The molecule has 3 rings (SSSR count). The number of hydrogen-bond donors (Lipinski definition) is 3. The van der Waals surface area contributed by atoms with Gasteiger partial charge in [0.25, 0.3) is 5.91 Å². The van der Waals surface area contributed by atoms with E-state index >= 15 is 0 Å². The van der Waals surface area contributed by atoms with Gasteiger partial charge in [-0.15, -0.1) is 0 Å². The Morgan fingerprint density at radius 2 is 1.64 bits per heavy atom. The van der Waals surface area contributed by atoms with E-state index in [1.54, 1.807) is 0 Å². The minimum Gasteiger partial charge on any atom is -0.481 e. The lowest BCUT2D eigenvalue weighted by Gasteiger charge is -2.21. The van der Waals surface area contributed by atoms with Crippen LogP contribution in [0.5, 0.6) is 0 Å². The monoisotopic (exact) mass is 454 g/mol. The lowest BCUT2D eigenvalue weighted by molar-refractivity contribution is -0.138. The summed E-state index contributed by atoms with van der Waals surface area (Å²) in [5.41, 5.74) is 4.50. The van der Waals surface area contributed by atoms with Gasteiger partial charge in [0.1, 0.15) is 6.61 Å². The molecule has 176 valence electrons. The number of fused-ring (bicyclic) bond motifs is 3. The SMILES string of the molecule is CCC[C@@H](CC(=O)O)NC(=O)C(CNC(=O)OCC1c2ccccc2-c2ccccc21)OC. The van der Waals surface area contributed by atoms with E-state index in [9.17, 15) is 14.4 Å². The Bertz CT molecular complexity index is 947. The topological polar surface area (TPSA) is 114 Å². The fraction of sp³-hybridized carbons (Fsp3) is 0.400. The summed E-state index contributed by atoms with van der Waals surface area (Å²) in [6.45, 7) is 1.99. The van der Waals surface area contributed by atoms with Crippen molar-refractivity contribution in [3.8, 4) is 11.1 Å². The lowest BCUT2D eigenvalue weighted by Crippen LogP contribution is -2.47. The molecule has 1 aliphatic carbocycles. The second-order valence-electron chi connectivity index (χ2n) is 8.02. The fourth-order valence-electron chi connectivity index (χ4n) is 4.19. The van der Waals surface area contributed by atoms with Crippen molar-refractivity contribution in [3.63, 3.8) is 0 Å². The number of nitrogens with one attached hydrogen (secondary N) is 2. The molecule has 3 N–H and O–H groups in total. The highest BCUT2D eigenvalue weighted by molar-refractivity contribution is 5.83. The number of amides is 2. The minimum atomic E-state index is -0.987. The smallest absolute Gasteiger partial charge is 0.407 e. The first-order chi connectivity index (χ1) is 15.9. The van der Waals surface area contributed by atoms with Crippen LogP contribution in [0.2, 0.25) is 0 Å². The summed E-state index contributed by atoms with van der Waals surface area (Å²) in [6.07, 6.45) is -0.515. The highest BCUT2D eigenvalue weighted by atomic mass is 16.5. The standard InChI is InChI=1S/C25H30N2O6/c1-3-8-16(13-23(28)29)27-24(30)22(32-2)14-26-25(31)33-15-21-19-11-6-4-9-17(19)18-10-5-7-12-20(18)21/h4-7,9-12,16,21-22H,3,8,13-15H2,1-2H3,(H,26,31)(H,27,30)(H,28,29)/t16-,22?/m0/s1. The van der Waals surface area contributed by atoms with Gasteiger partial charge in [-0.05, 0) is 28.7 Å². The average Bonchev–Trinajstić information content (AvgIpc) is 3.11. The summed E-state index contributed by atoms with van der Waals surface area (Å²) in [5.74, 6) is -1.52. The number of carboxylic acid groups (broad SMARTS) is 1. The fourth-order valence-corrected chi connectivity index (χ4v) is 4.19. The maximum absolute atomic E-state index is 12.5. The summed E-state index contributed by atoms with van der Waals surface area (Å²) < 4.78 is 10.7. The van der Waals surface area contributed by atoms with Crippen molar-refractivity contribution in [2.45, 2.75) is 44.2 Å². The second-order valence-corrected chi connectivity index (χ2v) is 8.02. The summed E-state index contributed by atoms with van der Waals surface area (Å²) in [4.78, 5) is 35.8. The molecule has 0 aliphatic heterocycles. The number of rotatable bonds is 11. The highest BCUT2D eigenvalue weighted by Crippen LogP contribution is 2.44. The van der Waals surface area contributed by atoms with E-state index in [1.165, 1.54) is 7.11 Å². The molecule has 0 saturated carbocycles. The maximum Gasteiger partial charge on any atom is 0.407 e. The van der Waals surface area contributed by atoms with Gasteiger partial charge in [-0.1, -0.05) is 61.9 Å². The van der Waals surface area contributed by atoms with Gasteiger partial charge in [0.2, 0.25) is 0 Å². The van der Waals surface area contributed by atoms with Gasteiger partial charge in [-0.2, -0.15) is 0 Å². The van der Waals surface area contributed by atoms with Crippen LogP contribution in [0, 0.1) is 0 Å². The molecule has 0 bridgehead atoms. The largest absolute Gasteiger partial charge is 0.481 e. The number of methoxy groups -OCH3 is 1. The van der Waals surface area contributed by atoms with Crippen molar-refractivity contribution in [2.75, 3.05) is 20.3 Å². The molecule has 2 atom stereocenters. The molecule has 8 nitrogen and oxygen atoms in total. The zero-order chi connectivity index (χ0) is 23.8. The van der Waals surface area contributed by atoms with Gasteiger partial charge in [-0.3, -0.25) is 9.59 Å². The predicted octanol–water partition coefficient (Wildman–Crippen LogP) is 3.30. The van der Waals surface area contributed by atoms with E-state index in [0.717, 1.165) is 28.7 Å². The first kappa shape index (κ1) is 24.3. The molecule has 8 heteroatoms. The Kier molecular flexibility index (Phi) is 8.43. The van der Waals surface area contributed by atoms with E-state index in [2.05, 4.69) is 22.8 Å². The van der Waals surface area contributed by atoms with Crippen LogP contribution < -0.4 is 10.6 Å². The molecule has 0 heterocycles.